The first-order chi connectivity index (χ1) is 11.8. The monoisotopic (exact) mass is 386 g/mol. The number of hydrogen-bond donors (Lipinski definition) is 3. The Morgan fingerprint density at radius 2 is 1.96 bits per heavy atom. The molecule has 1 fully saturated rings. The Labute approximate surface area is 160 Å². The van der Waals surface area contributed by atoms with Gasteiger partial charge in [0.1, 0.15) is 5.82 Å². The van der Waals surface area contributed by atoms with Crippen LogP contribution >= 0.6 is 12.4 Å². The summed E-state index contributed by atoms with van der Waals surface area (Å²) in [6.07, 6.45) is 0.979. The van der Waals surface area contributed by atoms with Gasteiger partial charge in [-0.1, -0.05) is 19.1 Å². The van der Waals surface area contributed by atoms with E-state index in [0.717, 1.165) is 25.1 Å². The van der Waals surface area contributed by atoms with Crippen molar-refractivity contribution in [1.82, 2.24) is 15.5 Å². The van der Waals surface area contributed by atoms with E-state index in [0.29, 0.717) is 6.54 Å². The third kappa shape index (κ3) is 6.55. The molecule has 6 nitrogen and oxygen atoms in total. The Morgan fingerprint density at radius 3 is 2.54 bits per heavy atom. The summed E-state index contributed by atoms with van der Waals surface area (Å²) in [6, 6.07) is 5.70. The quantitative estimate of drug-likeness (QED) is 0.657. The molecule has 1 aromatic carbocycles. The molecule has 0 aliphatic carbocycles. The highest BCUT2D eigenvalue weighted by Crippen LogP contribution is 2.27. The number of carbonyl (C=O) groups excluding carboxylic acids is 2. The predicted octanol–water partition coefficient (Wildman–Crippen LogP) is 1.21. The van der Waals surface area contributed by atoms with Crippen molar-refractivity contribution in [2.24, 2.45) is 11.1 Å². The lowest BCUT2D eigenvalue weighted by atomic mass is 9.90. The number of rotatable bonds is 7. The summed E-state index contributed by atoms with van der Waals surface area (Å²) in [4.78, 5) is 26.0. The maximum Gasteiger partial charge on any atom is 0.239 e. The van der Waals surface area contributed by atoms with E-state index in [2.05, 4.69) is 22.5 Å². The average molecular weight is 387 g/mol. The number of hydrogen-bond acceptors (Lipinski definition) is 4. The van der Waals surface area contributed by atoms with Crippen molar-refractivity contribution in [3.63, 3.8) is 0 Å². The van der Waals surface area contributed by atoms with Crippen molar-refractivity contribution in [2.45, 2.75) is 26.3 Å². The van der Waals surface area contributed by atoms with Gasteiger partial charge in [-0.15, -0.1) is 12.4 Å². The summed E-state index contributed by atoms with van der Waals surface area (Å²) in [5.74, 6) is -0.772. The van der Waals surface area contributed by atoms with E-state index in [9.17, 15) is 14.0 Å². The maximum absolute atomic E-state index is 12.9. The molecule has 2 unspecified atom stereocenters. The van der Waals surface area contributed by atoms with E-state index in [1.807, 2.05) is 6.92 Å². The molecular weight excluding hydrogens is 359 g/mol. The molecule has 4 N–H and O–H groups in total. The van der Waals surface area contributed by atoms with Crippen LogP contribution in [0.15, 0.2) is 24.3 Å². The van der Waals surface area contributed by atoms with Crippen LogP contribution in [0.2, 0.25) is 0 Å². The first-order valence-corrected chi connectivity index (χ1v) is 8.55. The minimum atomic E-state index is -0.317. The molecule has 26 heavy (non-hydrogen) atoms. The fourth-order valence-corrected chi connectivity index (χ4v) is 2.99. The molecule has 2 rings (SSSR count). The molecule has 146 valence electrons. The van der Waals surface area contributed by atoms with Crippen LogP contribution in [-0.2, 0) is 9.59 Å². The van der Waals surface area contributed by atoms with Crippen LogP contribution in [0.4, 0.5) is 4.39 Å². The first-order valence-electron chi connectivity index (χ1n) is 8.55. The van der Waals surface area contributed by atoms with E-state index in [-0.39, 0.29) is 54.6 Å². The second kappa shape index (κ2) is 9.85. The topological polar surface area (TPSA) is 87.5 Å². The zero-order valence-electron chi connectivity index (χ0n) is 15.3. The van der Waals surface area contributed by atoms with Crippen LogP contribution in [-0.4, -0.2) is 49.4 Å². The maximum atomic E-state index is 12.9. The van der Waals surface area contributed by atoms with Gasteiger partial charge in [-0.05, 0) is 49.5 Å². The van der Waals surface area contributed by atoms with Crippen LogP contribution in [0.5, 0.6) is 0 Å². The molecule has 8 heteroatoms. The number of nitrogens with one attached hydrogen (secondary N) is 2. The van der Waals surface area contributed by atoms with Crippen LogP contribution in [0.25, 0.3) is 0 Å². The van der Waals surface area contributed by atoms with Crippen LogP contribution < -0.4 is 16.4 Å². The minimum Gasteiger partial charge on any atom is -0.348 e. The first kappa shape index (κ1) is 22.3. The third-order valence-corrected chi connectivity index (χ3v) is 4.69. The predicted molar refractivity (Wildman–Crippen MR) is 101 cm³/mol. The molecule has 0 aromatic heterocycles. The Morgan fingerprint density at radius 1 is 1.31 bits per heavy atom. The summed E-state index contributed by atoms with van der Waals surface area (Å²) < 4.78 is 12.9. The smallest absolute Gasteiger partial charge is 0.239 e. The Bertz CT molecular complexity index is 614. The number of nitrogens with zero attached hydrogens (tertiary/aromatic N) is 1. The zero-order chi connectivity index (χ0) is 18.4. The molecule has 1 aliphatic rings. The van der Waals surface area contributed by atoms with Gasteiger partial charge in [0.05, 0.1) is 19.1 Å². The van der Waals surface area contributed by atoms with Crippen molar-refractivity contribution in [2.75, 3.05) is 32.7 Å². The molecule has 2 atom stereocenters. The summed E-state index contributed by atoms with van der Waals surface area (Å²) in [6.45, 7) is 6.37. The van der Waals surface area contributed by atoms with Gasteiger partial charge in [-0.3, -0.25) is 14.5 Å². The van der Waals surface area contributed by atoms with Gasteiger partial charge in [0, 0.05) is 6.54 Å². The summed E-state index contributed by atoms with van der Waals surface area (Å²) in [5.41, 5.74) is 6.64. The summed E-state index contributed by atoms with van der Waals surface area (Å²) in [5, 5.41) is 5.42. The summed E-state index contributed by atoms with van der Waals surface area (Å²) >= 11 is 0. The lowest BCUT2D eigenvalue weighted by Crippen LogP contribution is -2.42. The van der Waals surface area contributed by atoms with Crippen molar-refractivity contribution in [1.29, 1.82) is 0 Å². The molecule has 1 heterocycles. The number of carbonyl (C=O) groups is 2. The molecule has 0 spiro atoms. The Kier molecular flexibility index (Phi) is 8.46. The number of amides is 2. The van der Waals surface area contributed by atoms with Gasteiger partial charge in [-0.2, -0.15) is 0 Å². The third-order valence-electron chi connectivity index (χ3n) is 4.69. The van der Waals surface area contributed by atoms with Gasteiger partial charge in [0.25, 0.3) is 0 Å². The average Bonchev–Trinajstić information content (AvgIpc) is 2.95. The SMILES string of the molecule is CC(NC(=O)CNC(=O)CN1CCC(C)(CN)C1)c1ccc(F)cc1.Cl. The van der Waals surface area contributed by atoms with Crippen LogP contribution in [0, 0.1) is 11.2 Å². The second-order valence-corrected chi connectivity index (χ2v) is 7.09. The van der Waals surface area contributed by atoms with Crippen molar-refractivity contribution in [3.05, 3.63) is 35.6 Å². The van der Waals surface area contributed by atoms with Gasteiger partial charge in [0.15, 0.2) is 0 Å². The minimum absolute atomic E-state index is 0. The fraction of sp³-hybridized carbons (Fsp3) is 0.556. The van der Waals surface area contributed by atoms with Gasteiger partial charge >= 0.3 is 0 Å². The van der Waals surface area contributed by atoms with E-state index in [1.54, 1.807) is 12.1 Å². The lowest BCUT2D eigenvalue weighted by Gasteiger charge is -2.22. The molecular formula is C18H28ClFN4O2. The summed E-state index contributed by atoms with van der Waals surface area (Å²) in [7, 11) is 0. The Balaban J connectivity index is 0.00000338. The van der Waals surface area contributed by atoms with Crippen molar-refractivity contribution in [3.8, 4) is 0 Å². The molecule has 0 saturated carbocycles. The molecule has 1 aliphatic heterocycles. The molecule has 1 aromatic rings. The van der Waals surface area contributed by atoms with E-state index < -0.39 is 0 Å². The molecule has 2 amide bonds. The van der Waals surface area contributed by atoms with Crippen molar-refractivity contribution >= 4 is 24.2 Å². The highest BCUT2D eigenvalue weighted by molar-refractivity contribution is 5.86. The number of likely N-dealkylation sites (tertiary alicyclic amines) is 1. The lowest BCUT2D eigenvalue weighted by molar-refractivity contribution is -0.127. The van der Waals surface area contributed by atoms with Crippen molar-refractivity contribution < 1.29 is 14.0 Å². The van der Waals surface area contributed by atoms with E-state index in [4.69, 9.17) is 5.73 Å². The van der Waals surface area contributed by atoms with Crippen LogP contribution in [0.3, 0.4) is 0 Å². The Hall–Kier alpha value is -1.70. The van der Waals surface area contributed by atoms with Crippen LogP contribution in [0.1, 0.15) is 31.9 Å². The molecule has 0 radical (unpaired) electrons. The number of benzene rings is 1. The second-order valence-electron chi connectivity index (χ2n) is 7.09. The fourth-order valence-electron chi connectivity index (χ4n) is 2.99. The standard InChI is InChI=1S/C18H27FN4O2.ClH/c1-13(14-3-5-15(19)6-4-14)22-16(24)9-21-17(25)10-23-8-7-18(2,11-20)12-23;/h3-6,13H,7-12,20H2,1-2H3,(H,21,25)(H,22,24);1H. The van der Waals surface area contributed by atoms with E-state index >= 15 is 0 Å². The van der Waals surface area contributed by atoms with Gasteiger partial charge in [-0.25, -0.2) is 4.39 Å². The van der Waals surface area contributed by atoms with Gasteiger partial charge in [0.2, 0.25) is 11.8 Å². The molecule has 0 bridgehead atoms. The van der Waals surface area contributed by atoms with E-state index in [1.165, 1.54) is 12.1 Å². The largest absolute Gasteiger partial charge is 0.348 e. The normalized spacial score (nSPS) is 20.9. The highest BCUT2D eigenvalue weighted by Gasteiger charge is 2.33. The number of halogens is 2. The zero-order valence-corrected chi connectivity index (χ0v) is 16.1. The highest BCUT2D eigenvalue weighted by atomic mass is 35.5. The number of nitrogens with two attached hydrogens (primary N) is 1. The molecule has 1 saturated heterocycles. The van der Waals surface area contributed by atoms with Gasteiger partial charge < -0.3 is 16.4 Å².